The average Bonchev–Trinajstić information content (AvgIpc) is 2.68. The van der Waals surface area contributed by atoms with Gasteiger partial charge in [-0.25, -0.2) is 22.7 Å². The molecule has 13 nitrogen and oxygen atoms in total. The Kier molecular flexibility index (Phi) is 6.98. The van der Waals surface area contributed by atoms with Crippen molar-refractivity contribution in [1.82, 2.24) is 19.7 Å². The maximum absolute atomic E-state index is 12.4. The number of carbonyl (C=O) groups excluding carboxylic acids is 1. The Balaban J connectivity index is 2.27. The molecule has 0 radical (unpaired) electrons. The van der Waals surface area contributed by atoms with Crippen LogP contribution in [-0.4, -0.2) is 61.8 Å². The molecule has 0 saturated carbocycles. The minimum atomic E-state index is -4.50. The molecule has 1 heterocycles. The quantitative estimate of drug-likeness (QED) is 0.496. The van der Waals surface area contributed by atoms with Crippen molar-refractivity contribution >= 4 is 28.0 Å². The second kappa shape index (κ2) is 9.22. The summed E-state index contributed by atoms with van der Waals surface area (Å²) in [4.78, 5) is 34.4. The van der Waals surface area contributed by atoms with E-state index < -0.39 is 38.8 Å². The van der Waals surface area contributed by atoms with E-state index in [1.807, 2.05) is 0 Å². The minimum Gasteiger partial charge on any atom is -0.478 e. The summed E-state index contributed by atoms with van der Waals surface area (Å²) in [7, 11) is -0.573. The highest BCUT2D eigenvalue weighted by Gasteiger charge is 2.25. The number of aromatic nitrogens is 3. The first kappa shape index (κ1) is 21.9. The molecule has 1 aromatic heterocycles. The zero-order valence-electron chi connectivity index (χ0n) is 15.4. The molecule has 0 saturated heterocycles. The lowest BCUT2D eigenvalue weighted by molar-refractivity contribution is -0.111. The fraction of sp³-hybridized carbons (Fsp3) is 0.267. The molecule has 14 heteroatoms. The average molecular weight is 427 g/mol. The Hall–Kier alpha value is -3.36. The van der Waals surface area contributed by atoms with Crippen LogP contribution in [0.3, 0.4) is 0 Å². The van der Waals surface area contributed by atoms with Crippen LogP contribution in [0.1, 0.15) is 22.5 Å². The highest BCUT2D eigenvalue weighted by atomic mass is 32.2. The van der Waals surface area contributed by atoms with E-state index in [2.05, 4.69) is 20.3 Å². The van der Waals surface area contributed by atoms with Crippen LogP contribution in [-0.2, 0) is 19.5 Å². The van der Waals surface area contributed by atoms with E-state index >= 15 is 0 Å². The molecule has 2 amide bonds. The van der Waals surface area contributed by atoms with Crippen LogP contribution in [0.15, 0.2) is 29.2 Å². The fourth-order valence-electron chi connectivity index (χ4n) is 2.11. The number of amides is 2. The number of carboxylic acids is 1. The molecule has 0 aliphatic rings. The van der Waals surface area contributed by atoms with Gasteiger partial charge in [0.1, 0.15) is 4.90 Å². The van der Waals surface area contributed by atoms with Crippen molar-refractivity contribution in [3.8, 4) is 6.01 Å². The van der Waals surface area contributed by atoms with Crippen molar-refractivity contribution in [3.63, 3.8) is 0 Å². The first-order valence-corrected chi connectivity index (χ1v) is 9.21. The molecule has 1 aromatic carbocycles. The lowest BCUT2D eigenvalue weighted by atomic mass is 10.2. The predicted molar refractivity (Wildman–Crippen MR) is 95.9 cm³/mol. The van der Waals surface area contributed by atoms with Crippen LogP contribution in [0.2, 0.25) is 0 Å². The number of nitrogens with one attached hydrogen (secondary N) is 2. The summed E-state index contributed by atoms with van der Waals surface area (Å²) in [6.07, 6.45) is -0.998. The molecule has 0 unspecified atom stereocenters. The van der Waals surface area contributed by atoms with Crippen LogP contribution >= 0.6 is 0 Å². The van der Waals surface area contributed by atoms with E-state index in [0.29, 0.717) is 0 Å². The monoisotopic (exact) mass is 427 g/mol. The van der Waals surface area contributed by atoms with Crippen LogP contribution in [0.5, 0.6) is 6.01 Å². The molecule has 2 aromatic rings. The maximum Gasteiger partial charge on any atom is 0.337 e. The lowest BCUT2D eigenvalue weighted by Gasteiger charge is -2.14. The Morgan fingerprint density at radius 2 is 1.72 bits per heavy atom. The van der Waals surface area contributed by atoms with Gasteiger partial charge in [-0.15, -0.1) is 0 Å². The third-order valence-electron chi connectivity index (χ3n) is 3.31. The standard InChI is InChI=1S/C15H17N5O8S/c1-26-12(27-2)10-16-13(19-15(17-10)28-3)18-14(23)20-29(24,25)9-7-5-4-6-8(9)11(21)22/h4-7,12H,1-3H3,(H,21,22)(H2,16,17,18,19,20,23). The van der Waals surface area contributed by atoms with Gasteiger partial charge in [-0.3, -0.25) is 5.32 Å². The van der Waals surface area contributed by atoms with Crippen molar-refractivity contribution in [2.45, 2.75) is 11.2 Å². The highest BCUT2D eigenvalue weighted by molar-refractivity contribution is 7.90. The topological polar surface area (TPSA) is 179 Å². The number of hydrogen-bond acceptors (Lipinski definition) is 10. The molecular weight excluding hydrogens is 410 g/mol. The number of carboxylic acid groups (broad SMARTS) is 1. The van der Waals surface area contributed by atoms with Crippen LogP contribution in [0, 0.1) is 0 Å². The SMILES string of the molecule is COc1nc(NC(=O)NS(=O)(=O)c2ccccc2C(=O)O)nc(C(OC)OC)n1. The summed E-state index contributed by atoms with van der Waals surface area (Å²) in [5, 5.41) is 11.2. The lowest BCUT2D eigenvalue weighted by Crippen LogP contribution is -2.35. The highest BCUT2D eigenvalue weighted by Crippen LogP contribution is 2.18. The van der Waals surface area contributed by atoms with Gasteiger partial charge in [-0.2, -0.15) is 15.0 Å². The van der Waals surface area contributed by atoms with Crippen LogP contribution in [0.25, 0.3) is 0 Å². The molecule has 2 rings (SSSR count). The van der Waals surface area contributed by atoms with E-state index in [1.165, 1.54) is 33.5 Å². The molecular formula is C15H17N5O8S. The first-order chi connectivity index (χ1) is 13.7. The van der Waals surface area contributed by atoms with Crippen LogP contribution < -0.4 is 14.8 Å². The van der Waals surface area contributed by atoms with E-state index in [9.17, 15) is 18.0 Å². The van der Waals surface area contributed by atoms with Gasteiger partial charge in [0.2, 0.25) is 12.2 Å². The normalized spacial score (nSPS) is 11.2. The number of ether oxygens (including phenoxy) is 3. The van der Waals surface area contributed by atoms with Gasteiger partial charge in [0, 0.05) is 14.2 Å². The maximum atomic E-state index is 12.4. The van der Waals surface area contributed by atoms with Gasteiger partial charge in [0.15, 0.2) is 5.82 Å². The molecule has 0 spiro atoms. The molecule has 0 bridgehead atoms. The second-order valence-electron chi connectivity index (χ2n) is 5.17. The number of nitrogens with zero attached hydrogens (tertiary/aromatic N) is 3. The molecule has 3 N–H and O–H groups in total. The van der Waals surface area contributed by atoms with Crippen LogP contribution in [0.4, 0.5) is 10.7 Å². The Morgan fingerprint density at radius 1 is 1.07 bits per heavy atom. The molecule has 0 fully saturated rings. The number of urea groups is 1. The second-order valence-corrected chi connectivity index (χ2v) is 6.82. The molecule has 0 aliphatic carbocycles. The van der Waals surface area contributed by atoms with Crippen molar-refractivity contribution in [3.05, 3.63) is 35.7 Å². The van der Waals surface area contributed by atoms with E-state index in [1.54, 1.807) is 4.72 Å². The number of aromatic carboxylic acids is 1. The van der Waals surface area contributed by atoms with Gasteiger partial charge in [0.05, 0.1) is 12.7 Å². The number of hydrogen-bond donors (Lipinski definition) is 3. The summed E-state index contributed by atoms with van der Waals surface area (Å²) >= 11 is 0. The number of carbonyl (C=O) groups is 2. The number of sulfonamides is 1. The van der Waals surface area contributed by atoms with Gasteiger partial charge in [-0.1, -0.05) is 12.1 Å². The molecule has 0 aliphatic heterocycles. The van der Waals surface area contributed by atoms with Gasteiger partial charge in [0.25, 0.3) is 10.0 Å². The number of benzene rings is 1. The van der Waals surface area contributed by atoms with Gasteiger partial charge >= 0.3 is 18.0 Å². The zero-order chi connectivity index (χ0) is 21.6. The van der Waals surface area contributed by atoms with Gasteiger partial charge in [-0.05, 0) is 12.1 Å². The van der Waals surface area contributed by atoms with E-state index in [-0.39, 0.29) is 17.8 Å². The molecule has 29 heavy (non-hydrogen) atoms. The minimum absolute atomic E-state index is 0.0452. The number of rotatable bonds is 8. The summed E-state index contributed by atoms with van der Waals surface area (Å²) < 4.78 is 41.4. The summed E-state index contributed by atoms with van der Waals surface area (Å²) in [5.41, 5.74) is -0.500. The van der Waals surface area contributed by atoms with Gasteiger partial charge < -0.3 is 19.3 Å². The third-order valence-corrected chi connectivity index (χ3v) is 4.70. The first-order valence-electron chi connectivity index (χ1n) is 7.73. The number of methoxy groups -OCH3 is 3. The zero-order valence-corrected chi connectivity index (χ0v) is 16.3. The Bertz CT molecular complexity index is 1010. The van der Waals surface area contributed by atoms with E-state index in [0.717, 1.165) is 12.1 Å². The Morgan fingerprint density at radius 3 is 2.31 bits per heavy atom. The van der Waals surface area contributed by atoms with E-state index in [4.69, 9.17) is 19.3 Å². The summed E-state index contributed by atoms with van der Waals surface area (Å²) in [6.45, 7) is 0. The summed E-state index contributed by atoms with van der Waals surface area (Å²) in [5.74, 6) is -1.87. The van der Waals surface area contributed by atoms with Crippen molar-refractivity contribution in [2.24, 2.45) is 0 Å². The largest absolute Gasteiger partial charge is 0.478 e. The van der Waals surface area contributed by atoms with Crippen molar-refractivity contribution < 1.29 is 37.3 Å². The third kappa shape index (κ3) is 5.34. The Labute approximate surface area is 165 Å². The predicted octanol–water partition coefficient (Wildman–Crippen LogP) is 0.380. The van der Waals surface area contributed by atoms with Crippen molar-refractivity contribution in [2.75, 3.05) is 26.6 Å². The fourth-order valence-corrected chi connectivity index (χ4v) is 3.22. The number of anilines is 1. The molecule has 156 valence electrons. The van der Waals surface area contributed by atoms with Crippen molar-refractivity contribution in [1.29, 1.82) is 0 Å². The summed E-state index contributed by atoms with van der Waals surface area (Å²) in [6, 6.07) is 3.37. The molecule has 0 atom stereocenters. The smallest absolute Gasteiger partial charge is 0.337 e.